The summed E-state index contributed by atoms with van der Waals surface area (Å²) in [6, 6.07) is 23.6. The molecule has 3 aliphatic heterocycles. The first-order chi connectivity index (χ1) is 40.4. The van der Waals surface area contributed by atoms with Crippen molar-refractivity contribution in [2.75, 3.05) is 50.9 Å². The van der Waals surface area contributed by atoms with Gasteiger partial charge in [0.05, 0.1) is 25.3 Å². The third-order valence-electron chi connectivity index (χ3n) is 16.3. The van der Waals surface area contributed by atoms with E-state index in [1.807, 2.05) is 73.7 Å². The van der Waals surface area contributed by atoms with E-state index in [0.717, 1.165) is 39.0 Å². The fraction of sp³-hybridized carbons (Fsp3) is 0.444. The number of epoxide rings is 1. The maximum atomic E-state index is 14.4. The maximum absolute atomic E-state index is 14.4. The molecule has 5 N–H and O–H groups in total. The van der Waals surface area contributed by atoms with Crippen LogP contribution >= 0.6 is 23.4 Å². The molecular weight excluding hydrogens is 1130 g/mol. The zero-order chi connectivity index (χ0) is 61.5. The Bertz CT molecular complexity index is 3190. The highest BCUT2D eigenvalue weighted by Gasteiger charge is 2.64. The number of carbonyl (C=O) groups is 7. The number of nitrogens with one attached hydrogen (secondary N) is 4. The van der Waals surface area contributed by atoms with Crippen molar-refractivity contribution < 1.29 is 67.1 Å². The molecule has 2 saturated heterocycles. The zero-order valence-corrected chi connectivity index (χ0v) is 51.0. The highest BCUT2D eigenvalue weighted by atomic mass is 35.5. The Balaban J connectivity index is 0.822. The molecule has 454 valence electrons. The second kappa shape index (κ2) is 27.3. The molecule has 20 nitrogen and oxygen atoms in total. The number of aliphatic hydroxyl groups is 1. The minimum Gasteiger partial charge on any atom is -0.495 e. The first kappa shape index (κ1) is 63.6. The molecule has 2 fully saturated rings. The van der Waals surface area contributed by atoms with Crippen LogP contribution in [0.15, 0.2) is 109 Å². The predicted octanol–water partition coefficient (Wildman–Crippen LogP) is 8.21. The van der Waals surface area contributed by atoms with Gasteiger partial charge in [0.25, 0.3) is 0 Å². The minimum absolute atomic E-state index is 0.0864. The largest absolute Gasteiger partial charge is 0.495 e. The summed E-state index contributed by atoms with van der Waals surface area (Å²) in [7, 11) is 5.96. The zero-order valence-electron chi connectivity index (χ0n) is 49.4. The van der Waals surface area contributed by atoms with Crippen molar-refractivity contribution in [2.24, 2.45) is 5.92 Å². The SMILES string of the molecule is COc1cc2cc(c1Cl)N(C)C(=O)CC(OC(=O)C(C)N(C)C(=O)CCSCc1ccc(NC(=O)[C@@H](C)NC(=O)[C@@H](C)NC(=O)OCC3c4ccccc4-c4ccccc43)cc1)C1(C)OC1C(C)C1CC(O)(NC(=O)O1)C(OC)/C=C/C=C(\C)C2. The van der Waals surface area contributed by atoms with E-state index in [2.05, 4.69) is 21.3 Å². The van der Waals surface area contributed by atoms with Gasteiger partial charge in [0.15, 0.2) is 5.72 Å². The van der Waals surface area contributed by atoms with Gasteiger partial charge < -0.3 is 59.3 Å². The van der Waals surface area contributed by atoms with Gasteiger partial charge in [-0.1, -0.05) is 103 Å². The number of nitrogens with zero attached hydrogens (tertiary/aromatic N) is 2. The number of carbonyl (C=O) groups excluding carboxylic acids is 7. The fourth-order valence-corrected chi connectivity index (χ4v) is 12.2. The van der Waals surface area contributed by atoms with Gasteiger partial charge in [-0.2, -0.15) is 11.8 Å². The summed E-state index contributed by atoms with van der Waals surface area (Å²) in [5.74, 6) is -2.06. The number of methoxy groups -OCH3 is 2. The normalized spacial score (nSPS) is 24.9. The number of thioether (sulfide) groups is 1. The highest BCUT2D eigenvalue weighted by Crippen LogP contribution is 2.50. The summed E-state index contributed by atoms with van der Waals surface area (Å²) in [6.07, 6.45) is -0.161. The van der Waals surface area contributed by atoms with Crippen molar-refractivity contribution in [1.29, 1.82) is 0 Å². The molecule has 0 aromatic heterocycles. The number of amides is 6. The molecule has 4 aliphatic rings. The number of ether oxygens (including phenoxy) is 6. The van der Waals surface area contributed by atoms with Crippen LogP contribution in [0.5, 0.6) is 5.75 Å². The smallest absolute Gasteiger partial charge is 0.409 e. The van der Waals surface area contributed by atoms with Gasteiger partial charge in [0, 0.05) is 63.1 Å². The molecule has 0 spiro atoms. The van der Waals surface area contributed by atoms with E-state index >= 15 is 0 Å². The molecule has 0 saturated carbocycles. The molecule has 3 heterocycles. The van der Waals surface area contributed by atoms with Crippen LogP contribution in [0.25, 0.3) is 11.1 Å². The van der Waals surface area contributed by atoms with Crippen molar-refractivity contribution in [1.82, 2.24) is 20.9 Å². The fourth-order valence-electron chi connectivity index (χ4n) is 11.0. The van der Waals surface area contributed by atoms with Crippen LogP contribution in [-0.4, -0.2) is 146 Å². The van der Waals surface area contributed by atoms with E-state index in [4.69, 9.17) is 40.0 Å². The highest BCUT2D eigenvalue weighted by molar-refractivity contribution is 7.98. The van der Waals surface area contributed by atoms with E-state index < -0.39 is 95.7 Å². The first-order valence-electron chi connectivity index (χ1n) is 28.2. The number of hydrogen-bond acceptors (Lipinski definition) is 15. The van der Waals surface area contributed by atoms with Crippen molar-refractivity contribution >= 4 is 76.5 Å². The number of likely N-dealkylation sites (N-methyl/N-ethyl adjacent to an activating group) is 1. The Hall–Kier alpha value is -7.43. The van der Waals surface area contributed by atoms with Gasteiger partial charge in [0.2, 0.25) is 23.6 Å². The van der Waals surface area contributed by atoms with Gasteiger partial charge in [-0.15, -0.1) is 0 Å². The van der Waals surface area contributed by atoms with Gasteiger partial charge >= 0.3 is 18.2 Å². The van der Waals surface area contributed by atoms with Crippen LogP contribution in [0.1, 0.15) is 89.0 Å². The molecule has 4 aromatic carbocycles. The van der Waals surface area contributed by atoms with Crippen LogP contribution < -0.4 is 30.9 Å². The van der Waals surface area contributed by atoms with E-state index in [9.17, 15) is 38.7 Å². The summed E-state index contributed by atoms with van der Waals surface area (Å²) < 4.78 is 35.1. The second-order valence-corrected chi connectivity index (χ2v) is 23.8. The average molecular weight is 1210 g/mol. The van der Waals surface area contributed by atoms with Crippen molar-refractivity contribution in [2.45, 2.75) is 133 Å². The minimum atomic E-state index is -1.87. The number of benzene rings is 4. The summed E-state index contributed by atoms with van der Waals surface area (Å²) >= 11 is 8.34. The molecular formula is C63H75ClN6O14S. The number of rotatable bonds is 17. The standard InChI is InChI=1S/C63H75ClN6O14S/c1-35-16-15-21-51(80-10)63(78)32-50(82-61(77)68-63)36(2)56-62(6,84-56)52(31-54(72)70(8)48-29-41(28-35)30-49(79-9)55(48)64)83-59(75)39(5)69(7)53(71)26-27-85-34-40-22-24-42(25-23-40)67-58(74)37(3)65-57(73)38(4)66-60(76)81-33-47-45-19-13-11-17-43(45)44-18-12-14-20-46(44)47/h11-25,29-30,36-39,47,50-52,56,78H,26-28,31-34H2,1-10H3,(H,65,73)(H,66,76)(H,67,74)(H,68,77)/b21-15+,35-16+/t36?,37-,38-,39?,50?,51?,52?,56?,62?,63?/m1/s1. The Morgan fingerprint density at radius 1 is 0.941 bits per heavy atom. The van der Waals surface area contributed by atoms with E-state index in [0.29, 0.717) is 35.1 Å². The molecule has 6 amide bonds. The van der Waals surface area contributed by atoms with Gasteiger partial charge in [-0.05, 0) is 98.7 Å². The maximum Gasteiger partial charge on any atom is 0.409 e. The number of halogens is 1. The van der Waals surface area contributed by atoms with E-state index in [-0.39, 0.29) is 42.7 Å². The summed E-state index contributed by atoms with van der Waals surface area (Å²) in [6.45, 7) is 10.1. The molecule has 85 heavy (non-hydrogen) atoms. The van der Waals surface area contributed by atoms with Crippen LogP contribution in [-0.2, 0) is 59.8 Å². The van der Waals surface area contributed by atoms with Gasteiger partial charge in [0.1, 0.15) is 59.4 Å². The van der Waals surface area contributed by atoms with Crippen molar-refractivity contribution in [3.8, 4) is 16.9 Å². The lowest BCUT2D eigenvalue weighted by molar-refractivity contribution is -0.162. The molecule has 22 heteroatoms. The molecule has 4 aromatic rings. The molecule has 8 unspecified atom stereocenters. The topological polar surface area (TPSA) is 253 Å². The predicted molar refractivity (Wildman–Crippen MR) is 322 cm³/mol. The van der Waals surface area contributed by atoms with Crippen molar-refractivity contribution in [3.63, 3.8) is 0 Å². The number of allylic oxidation sites excluding steroid dienone is 3. The lowest BCUT2D eigenvalue weighted by Crippen LogP contribution is -2.63. The Morgan fingerprint density at radius 2 is 1.60 bits per heavy atom. The van der Waals surface area contributed by atoms with Crippen LogP contribution in [0.4, 0.5) is 21.0 Å². The lowest BCUT2D eigenvalue weighted by atomic mass is 9.83. The van der Waals surface area contributed by atoms with E-state index in [1.54, 1.807) is 57.3 Å². The Labute approximate surface area is 504 Å². The van der Waals surface area contributed by atoms with Gasteiger partial charge in [-0.3, -0.25) is 24.5 Å². The molecule has 1 aliphatic carbocycles. The number of hydrogen-bond donors (Lipinski definition) is 5. The summed E-state index contributed by atoms with van der Waals surface area (Å²) in [5, 5.41) is 22.6. The third-order valence-corrected chi connectivity index (χ3v) is 17.7. The second-order valence-electron chi connectivity index (χ2n) is 22.3. The van der Waals surface area contributed by atoms with Crippen LogP contribution in [0.2, 0.25) is 5.02 Å². The quantitative estimate of drug-likeness (QED) is 0.0289. The van der Waals surface area contributed by atoms with Crippen molar-refractivity contribution in [3.05, 3.63) is 136 Å². The lowest BCUT2D eigenvalue weighted by Gasteiger charge is -2.42. The number of fused-ring (bicyclic) bond motifs is 8. The Morgan fingerprint density at radius 3 is 2.26 bits per heavy atom. The summed E-state index contributed by atoms with van der Waals surface area (Å²) in [5.41, 5.74) is 4.61. The Kier molecular flexibility index (Phi) is 20.4. The summed E-state index contributed by atoms with van der Waals surface area (Å²) in [4.78, 5) is 96.8. The average Bonchev–Trinajstić information content (AvgIpc) is 1.99. The monoisotopic (exact) mass is 1210 g/mol. The van der Waals surface area contributed by atoms with Crippen LogP contribution in [0.3, 0.4) is 0 Å². The number of esters is 1. The van der Waals surface area contributed by atoms with E-state index in [1.165, 1.54) is 63.6 Å². The third kappa shape index (κ3) is 14.8. The molecule has 4 bridgehead atoms. The number of alkyl carbamates (subject to hydrolysis) is 2. The molecule has 10 atom stereocenters. The first-order valence-corrected chi connectivity index (χ1v) is 29.7. The van der Waals surface area contributed by atoms with Gasteiger partial charge in [-0.25, -0.2) is 14.4 Å². The number of anilines is 2. The molecule has 0 radical (unpaired) electrons. The molecule has 8 rings (SSSR count). The van der Waals surface area contributed by atoms with Crippen LogP contribution in [0, 0.1) is 5.92 Å².